The second-order valence-electron chi connectivity index (χ2n) is 6.38. The molecule has 24 heavy (non-hydrogen) atoms. The van der Waals surface area contributed by atoms with Gasteiger partial charge in [-0.2, -0.15) is 13.2 Å². The molecular formula is C17H27F3O3S. The van der Waals surface area contributed by atoms with Crippen molar-refractivity contribution >= 4 is 15.6 Å². The summed E-state index contributed by atoms with van der Waals surface area (Å²) in [6.07, 6.45) is 12.5. The van der Waals surface area contributed by atoms with Crippen LogP contribution in [0.5, 0.6) is 0 Å². The number of carbonyl (C=O) groups is 1. The Labute approximate surface area is 142 Å². The van der Waals surface area contributed by atoms with E-state index in [1.165, 1.54) is 25.3 Å². The van der Waals surface area contributed by atoms with Crippen LogP contribution in [0.15, 0.2) is 11.0 Å². The SMILES string of the molecule is O=C1CCCCCCC1.O=S(=O)(/C1=C/CCCCCC1)C(F)(F)F. The number of Topliss-reactive ketones (excluding diaryl/α,β-unsaturated/α-hetero) is 1. The number of allylic oxidation sites excluding steroid dienone is 2. The Kier molecular flexibility index (Phi) is 9.02. The number of hydrogen-bond acceptors (Lipinski definition) is 3. The summed E-state index contributed by atoms with van der Waals surface area (Å²) in [5.74, 6) is 0.481. The van der Waals surface area contributed by atoms with Crippen molar-refractivity contribution < 1.29 is 26.4 Å². The smallest absolute Gasteiger partial charge is 0.300 e. The van der Waals surface area contributed by atoms with E-state index in [9.17, 15) is 26.4 Å². The zero-order valence-electron chi connectivity index (χ0n) is 14.0. The lowest BCUT2D eigenvalue weighted by molar-refractivity contribution is -0.119. The monoisotopic (exact) mass is 368 g/mol. The van der Waals surface area contributed by atoms with Crippen molar-refractivity contribution in [3.05, 3.63) is 11.0 Å². The molecule has 0 aliphatic heterocycles. The average Bonchev–Trinajstić information content (AvgIpc) is 2.41. The maximum absolute atomic E-state index is 12.2. The van der Waals surface area contributed by atoms with Crippen molar-refractivity contribution in [1.29, 1.82) is 0 Å². The van der Waals surface area contributed by atoms with Crippen LogP contribution in [0.2, 0.25) is 0 Å². The molecule has 7 heteroatoms. The summed E-state index contributed by atoms with van der Waals surface area (Å²) in [7, 11) is -5.08. The molecule has 0 aromatic carbocycles. The molecule has 0 spiro atoms. The summed E-state index contributed by atoms with van der Waals surface area (Å²) in [4.78, 5) is 10.4. The van der Waals surface area contributed by atoms with Gasteiger partial charge in [0.05, 0.1) is 0 Å². The summed E-state index contributed by atoms with van der Waals surface area (Å²) < 4.78 is 58.8. The Bertz CT molecular complexity index is 512. The molecule has 2 aliphatic carbocycles. The number of carbonyl (C=O) groups excluding carboxylic acids is 1. The second kappa shape index (κ2) is 10.2. The first-order valence-corrected chi connectivity index (χ1v) is 10.3. The molecular weight excluding hydrogens is 341 g/mol. The minimum absolute atomic E-state index is 0.0157. The summed E-state index contributed by atoms with van der Waals surface area (Å²) in [6.45, 7) is 0. The molecule has 0 heterocycles. The van der Waals surface area contributed by atoms with Crippen molar-refractivity contribution in [3.63, 3.8) is 0 Å². The van der Waals surface area contributed by atoms with Crippen LogP contribution in [0.1, 0.15) is 83.5 Å². The Morgan fingerprint density at radius 2 is 1.21 bits per heavy atom. The number of hydrogen-bond donors (Lipinski definition) is 0. The largest absolute Gasteiger partial charge is 0.501 e. The van der Waals surface area contributed by atoms with Crippen LogP contribution in [-0.2, 0) is 14.6 Å². The van der Waals surface area contributed by atoms with Crippen LogP contribution in [0, 0.1) is 0 Å². The fourth-order valence-corrected chi connectivity index (χ4v) is 3.90. The van der Waals surface area contributed by atoms with E-state index < -0.39 is 20.3 Å². The normalized spacial score (nSPS) is 23.5. The van der Waals surface area contributed by atoms with Crippen molar-refractivity contribution in [2.75, 3.05) is 0 Å². The first-order chi connectivity index (χ1) is 11.2. The Hall–Kier alpha value is -0.850. The number of sulfone groups is 1. The highest BCUT2D eigenvalue weighted by molar-refractivity contribution is 7.96. The van der Waals surface area contributed by atoms with Crippen LogP contribution in [0.3, 0.4) is 0 Å². The van der Waals surface area contributed by atoms with Gasteiger partial charge < -0.3 is 0 Å². The zero-order valence-corrected chi connectivity index (χ0v) is 14.9. The third kappa shape index (κ3) is 7.36. The van der Waals surface area contributed by atoms with Gasteiger partial charge in [-0.15, -0.1) is 0 Å². The summed E-state index contributed by atoms with van der Waals surface area (Å²) in [5.41, 5.74) is -5.15. The first-order valence-electron chi connectivity index (χ1n) is 8.77. The molecule has 1 fully saturated rings. The van der Waals surface area contributed by atoms with Crippen LogP contribution < -0.4 is 0 Å². The second-order valence-corrected chi connectivity index (χ2v) is 8.37. The summed E-state index contributed by atoms with van der Waals surface area (Å²) in [6, 6.07) is 0. The molecule has 0 aromatic rings. The zero-order chi connectivity index (χ0) is 18.1. The van der Waals surface area contributed by atoms with E-state index in [2.05, 4.69) is 0 Å². The van der Waals surface area contributed by atoms with Crippen LogP contribution in [-0.4, -0.2) is 19.7 Å². The molecule has 2 rings (SSSR count). The lowest BCUT2D eigenvalue weighted by Crippen LogP contribution is -2.25. The Morgan fingerprint density at radius 3 is 1.75 bits per heavy atom. The van der Waals surface area contributed by atoms with Crippen LogP contribution in [0.4, 0.5) is 13.2 Å². The maximum atomic E-state index is 12.2. The van der Waals surface area contributed by atoms with Gasteiger partial charge in [0.1, 0.15) is 5.78 Å². The van der Waals surface area contributed by atoms with Gasteiger partial charge in [-0.25, -0.2) is 8.42 Å². The third-order valence-corrected chi connectivity index (χ3v) is 5.98. The fourth-order valence-electron chi connectivity index (χ4n) is 2.85. The highest BCUT2D eigenvalue weighted by Crippen LogP contribution is 2.33. The maximum Gasteiger partial charge on any atom is 0.501 e. The van der Waals surface area contributed by atoms with Crippen LogP contribution in [0.25, 0.3) is 0 Å². The van der Waals surface area contributed by atoms with Gasteiger partial charge in [-0.05, 0) is 38.5 Å². The predicted octanol–water partition coefficient (Wildman–Crippen LogP) is 5.46. The van der Waals surface area contributed by atoms with E-state index in [-0.39, 0.29) is 6.42 Å². The Balaban J connectivity index is 0.000000272. The van der Waals surface area contributed by atoms with Crippen molar-refractivity contribution in [3.8, 4) is 0 Å². The van der Waals surface area contributed by atoms with Gasteiger partial charge in [-0.3, -0.25) is 4.79 Å². The highest BCUT2D eigenvalue weighted by atomic mass is 32.2. The van der Waals surface area contributed by atoms with E-state index in [1.807, 2.05) is 0 Å². The number of halogens is 3. The van der Waals surface area contributed by atoms with Gasteiger partial charge in [-0.1, -0.05) is 38.2 Å². The molecule has 2 aliphatic rings. The van der Waals surface area contributed by atoms with Gasteiger partial charge in [0.25, 0.3) is 9.84 Å². The summed E-state index contributed by atoms with van der Waals surface area (Å²) in [5, 5.41) is 0. The lowest BCUT2D eigenvalue weighted by atomic mass is 10.0. The molecule has 1 saturated carbocycles. The van der Waals surface area contributed by atoms with E-state index in [0.717, 1.165) is 44.9 Å². The number of rotatable bonds is 1. The third-order valence-electron chi connectivity index (χ3n) is 4.31. The van der Waals surface area contributed by atoms with E-state index in [0.29, 0.717) is 18.6 Å². The van der Waals surface area contributed by atoms with E-state index in [4.69, 9.17) is 0 Å². The Morgan fingerprint density at radius 1 is 0.750 bits per heavy atom. The minimum atomic E-state index is -5.15. The molecule has 0 unspecified atom stereocenters. The lowest BCUT2D eigenvalue weighted by Gasteiger charge is -2.13. The summed E-state index contributed by atoms with van der Waals surface area (Å²) >= 11 is 0. The predicted molar refractivity (Wildman–Crippen MR) is 88.1 cm³/mol. The first kappa shape index (κ1) is 21.2. The van der Waals surface area contributed by atoms with E-state index >= 15 is 0 Å². The molecule has 0 amide bonds. The fraction of sp³-hybridized carbons (Fsp3) is 0.824. The molecule has 0 aromatic heterocycles. The molecule has 140 valence electrons. The molecule has 3 nitrogen and oxygen atoms in total. The molecule has 0 saturated heterocycles. The molecule has 0 atom stereocenters. The van der Waals surface area contributed by atoms with Gasteiger partial charge in [0, 0.05) is 17.7 Å². The van der Waals surface area contributed by atoms with Gasteiger partial charge in [0.2, 0.25) is 0 Å². The topological polar surface area (TPSA) is 51.2 Å². The van der Waals surface area contributed by atoms with Crippen molar-refractivity contribution in [1.82, 2.24) is 0 Å². The standard InChI is InChI=1S/C9H13F3O2S.C8H14O/c10-9(11,12)15(13,14)8-6-4-2-1-3-5-7-8;9-8-6-4-2-1-3-5-7-8/h6H,1-5,7H2;1-7H2/b8-6+;. The van der Waals surface area contributed by atoms with Crippen LogP contribution >= 0.6 is 0 Å². The van der Waals surface area contributed by atoms with Crippen molar-refractivity contribution in [2.24, 2.45) is 0 Å². The van der Waals surface area contributed by atoms with Crippen molar-refractivity contribution in [2.45, 2.75) is 89.0 Å². The molecule has 0 bridgehead atoms. The minimum Gasteiger partial charge on any atom is -0.300 e. The molecule has 0 radical (unpaired) electrons. The number of ketones is 1. The highest BCUT2D eigenvalue weighted by Gasteiger charge is 2.47. The van der Waals surface area contributed by atoms with Gasteiger partial charge in [0.15, 0.2) is 0 Å². The average molecular weight is 368 g/mol. The molecule has 0 N–H and O–H groups in total. The van der Waals surface area contributed by atoms with Gasteiger partial charge >= 0.3 is 5.51 Å². The quantitative estimate of drug-likeness (QED) is 0.617. The van der Waals surface area contributed by atoms with E-state index in [1.54, 1.807) is 0 Å². The number of alkyl halides is 3.